The van der Waals surface area contributed by atoms with Crippen LogP contribution >= 0.6 is 11.6 Å². The number of nitrogens with one attached hydrogen (secondary N) is 1. The fraction of sp³-hybridized carbons (Fsp3) is 0.500. The molecule has 0 radical (unpaired) electrons. The number of nitrogens with zero attached hydrogens (tertiary/aromatic N) is 3. The maximum absolute atomic E-state index is 12.7. The highest BCUT2D eigenvalue weighted by atomic mass is 35.5. The van der Waals surface area contributed by atoms with Crippen molar-refractivity contribution in [3.05, 3.63) is 34.9 Å². The van der Waals surface area contributed by atoms with Crippen molar-refractivity contribution < 1.29 is 17.7 Å². The van der Waals surface area contributed by atoms with Gasteiger partial charge in [0.05, 0.1) is 5.02 Å². The second-order valence-corrected chi connectivity index (χ2v) is 8.80. The smallest absolute Gasteiger partial charge is 0.244 e. The van der Waals surface area contributed by atoms with Crippen LogP contribution in [0, 0.1) is 0 Å². The van der Waals surface area contributed by atoms with Crippen molar-refractivity contribution in [2.45, 2.75) is 51.3 Å². The largest absolute Gasteiger partial charge is 0.339 e. The van der Waals surface area contributed by atoms with Crippen molar-refractivity contribution in [1.29, 1.82) is 0 Å². The van der Waals surface area contributed by atoms with Crippen LogP contribution in [0.1, 0.15) is 51.7 Å². The van der Waals surface area contributed by atoms with E-state index in [2.05, 4.69) is 15.5 Å². The number of sulfonamides is 1. The summed E-state index contributed by atoms with van der Waals surface area (Å²) in [5.41, 5.74) is 0.355. The van der Waals surface area contributed by atoms with Crippen molar-refractivity contribution in [1.82, 2.24) is 14.4 Å². The van der Waals surface area contributed by atoms with Gasteiger partial charge in [0, 0.05) is 37.5 Å². The third-order valence-electron chi connectivity index (χ3n) is 4.10. The summed E-state index contributed by atoms with van der Waals surface area (Å²) in [6, 6.07) is 4.39. The van der Waals surface area contributed by atoms with E-state index < -0.39 is 10.0 Å². The Labute approximate surface area is 170 Å². The summed E-state index contributed by atoms with van der Waals surface area (Å²) in [5, 5.41) is 6.65. The highest BCUT2D eigenvalue weighted by Gasteiger charge is 2.25. The van der Waals surface area contributed by atoms with Crippen LogP contribution in [0.2, 0.25) is 5.02 Å². The van der Waals surface area contributed by atoms with Gasteiger partial charge in [0.15, 0.2) is 5.82 Å². The number of carbonyl (C=O) groups excluding carboxylic acids is 1. The third-order valence-corrected chi connectivity index (χ3v) is 6.64. The Bertz CT molecular complexity index is 923. The Morgan fingerprint density at radius 2 is 1.96 bits per heavy atom. The molecule has 0 fully saturated rings. The monoisotopic (exact) mass is 428 g/mol. The number of hydrogen-bond donors (Lipinski definition) is 1. The molecule has 0 saturated heterocycles. The normalized spacial score (nSPS) is 12.0. The molecule has 0 aliphatic heterocycles. The summed E-state index contributed by atoms with van der Waals surface area (Å²) >= 11 is 6.10. The van der Waals surface area contributed by atoms with E-state index >= 15 is 0 Å². The molecule has 1 amide bonds. The number of halogens is 1. The molecule has 154 valence electrons. The van der Waals surface area contributed by atoms with Crippen molar-refractivity contribution in [2.24, 2.45) is 0 Å². The topological polar surface area (TPSA) is 105 Å². The molecule has 28 heavy (non-hydrogen) atoms. The van der Waals surface area contributed by atoms with Gasteiger partial charge >= 0.3 is 0 Å². The average Bonchev–Trinajstić information content (AvgIpc) is 3.11. The second-order valence-electron chi connectivity index (χ2n) is 6.48. The molecule has 1 aromatic carbocycles. The minimum Gasteiger partial charge on any atom is -0.339 e. The fourth-order valence-corrected chi connectivity index (χ4v) is 4.49. The molecule has 8 nitrogen and oxygen atoms in total. The fourth-order valence-electron chi connectivity index (χ4n) is 2.53. The van der Waals surface area contributed by atoms with Gasteiger partial charge in [0.25, 0.3) is 0 Å². The van der Waals surface area contributed by atoms with Gasteiger partial charge in [-0.05, 0) is 18.2 Å². The SMILES string of the molecule is CCN(CC)S(=O)(=O)c1cc(NC(=O)CCc2nc(C(C)C)no2)ccc1Cl. The first-order valence-corrected chi connectivity index (χ1v) is 10.9. The number of rotatable bonds is 9. The number of aromatic nitrogens is 2. The standard InChI is InChI=1S/C18H25ClN4O4S/c1-5-23(6-2)28(25,26)15-11-13(7-8-14(15)19)20-16(24)9-10-17-21-18(12(3)4)22-27-17/h7-8,11-12H,5-6,9-10H2,1-4H3,(H,20,24). The number of hydrogen-bond acceptors (Lipinski definition) is 6. The molecule has 0 aliphatic rings. The van der Waals surface area contributed by atoms with Gasteiger partial charge in [0.1, 0.15) is 4.90 Å². The molecule has 10 heteroatoms. The van der Waals surface area contributed by atoms with Gasteiger partial charge in [-0.2, -0.15) is 9.29 Å². The van der Waals surface area contributed by atoms with Crippen LogP contribution in [0.4, 0.5) is 5.69 Å². The molecule has 1 aromatic heterocycles. The zero-order valence-corrected chi connectivity index (χ0v) is 18.0. The highest BCUT2D eigenvalue weighted by Crippen LogP contribution is 2.28. The van der Waals surface area contributed by atoms with Crippen LogP contribution in [-0.2, 0) is 21.2 Å². The zero-order chi connectivity index (χ0) is 20.9. The van der Waals surface area contributed by atoms with E-state index in [4.69, 9.17) is 16.1 Å². The Balaban J connectivity index is 2.08. The Kier molecular flexibility index (Phi) is 7.56. The lowest BCUT2D eigenvalue weighted by Gasteiger charge is -2.19. The van der Waals surface area contributed by atoms with Gasteiger partial charge in [-0.1, -0.05) is 44.5 Å². The molecule has 0 atom stereocenters. The minimum atomic E-state index is -3.73. The van der Waals surface area contributed by atoms with Gasteiger partial charge in [0.2, 0.25) is 21.8 Å². The summed E-state index contributed by atoms with van der Waals surface area (Å²) in [4.78, 5) is 16.4. The summed E-state index contributed by atoms with van der Waals surface area (Å²) < 4.78 is 31.9. The molecule has 1 heterocycles. The number of carbonyl (C=O) groups is 1. The zero-order valence-electron chi connectivity index (χ0n) is 16.4. The van der Waals surface area contributed by atoms with Crippen LogP contribution in [0.5, 0.6) is 0 Å². The number of benzene rings is 1. The van der Waals surface area contributed by atoms with Gasteiger partial charge in [-0.3, -0.25) is 4.79 Å². The first-order chi connectivity index (χ1) is 13.2. The van der Waals surface area contributed by atoms with Crippen LogP contribution in [0.15, 0.2) is 27.6 Å². The third kappa shape index (κ3) is 5.30. The molecule has 1 N–H and O–H groups in total. The van der Waals surface area contributed by atoms with E-state index in [9.17, 15) is 13.2 Å². The summed E-state index contributed by atoms with van der Waals surface area (Å²) in [7, 11) is -3.73. The lowest BCUT2D eigenvalue weighted by molar-refractivity contribution is -0.116. The van der Waals surface area contributed by atoms with E-state index in [0.29, 0.717) is 36.9 Å². The van der Waals surface area contributed by atoms with Crippen LogP contribution in [0.25, 0.3) is 0 Å². The van der Waals surface area contributed by atoms with Crippen molar-refractivity contribution in [2.75, 3.05) is 18.4 Å². The van der Waals surface area contributed by atoms with Crippen molar-refractivity contribution in [3.63, 3.8) is 0 Å². The van der Waals surface area contributed by atoms with E-state index in [-0.39, 0.29) is 28.2 Å². The molecule has 0 spiro atoms. The van der Waals surface area contributed by atoms with E-state index in [1.807, 2.05) is 13.8 Å². The van der Waals surface area contributed by atoms with Crippen LogP contribution in [0.3, 0.4) is 0 Å². The summed E-state index contributed by atoms with van der Waals surface area (Å²) in [5.74, 6) is 0.837. The molecule has 2 rings (SSSR count). The molecular weight excluding hydrogens is 404 g/mol. The van der Waals surface area contributed by atoms with Crippen LogP contribution < -0.4 is 5.32 Å². The van der Waals surface area contributed by atoms with E-state index in [1.165, 1.54) is 16.4 Å². The molecular formula is C18H25ClN4O4S. The lowest BCUT2D eigenvalue weighted by atomic mass is 10.2. The Morgan fingerprint density at radius 1 is 1.29 bits per heavy atom. The minimum absolute atomic E-state index is 0.0332. The number of aryl methyl sites for hydroxylation is 1. The first-order valence-electron chi connectivity index (χ1n) is 9.11. The average molecular weight is 429 g/mol. The second kappa shape index (κ2) is 9.49. The number of anilines is 1. The molecule has 0 saturated carbocycles. The predicted molar refractivity (Wildman–Crippen MR) is 107 cm³/mol. The van der Waals surface area contributed by atoms with Crippen LogP contribution in [-0.4, -0.2) is 41.9 Å². The predicted octanol–water partition coefficient (Wildman–Crippen LogP) is 3.45. The van der Waals surface area contributed by atoms with Gasteiger partial charge < -0.3 is 9.84 Å². The molecule has 2 aromatic rings. The maximum atomic E-state index is 12.7. The highest BCUT2D eigenvalue weighted by molar-refractivity contribution is 7.89. The molecule has 0 bridgehead atoms. The quantitative estimate of drug-likeness (QED) is 0.655. The Morgan fingerprint density at radius 3 is 2.54 bits per heavy atom. The number of amides is 1. The maximum Gasteiger partial charge on any atom is 0.244 e. The van der Waals surface area contributed by atoms with Crippen molar-refractivity contribution >= 4 is 33.2 Å². The van der Waals surface area contributed by atoms with Crippen molar-refractivity contribution in [3.8, 4) is 0 Å². The van der Waals surface area contributed by atoms with E-state index in [1.54, 1.807) is 19.9 Å². The molecule has 0 unspecified atom stereocenters. The summed E-state index contributed by atoms with van der Waals surface area (Å²) in [6.45, 7) is 8.06. The Hall–Kier alpha value is -1.97. The summed E-state index contributed by atoms with van der Waals surface area (Å²) in [6.07, 6.45) is 0.421. The molecule has 0 aliphatic carbocycles. The van der Waals surface area contributed by atoms with Gasteiger partial charge in [-0.15, -0.1) is 0 Å². The first kappa shape index (κ1) is 22.3. The van der Waals surface area contributed by atoms with E-state index in [0.717, 1.165) is 0 Å². The lowest BCUT2D eigenvalue weighted by Crippen LogP contribution is -2.30. The van der Waals surface area contributed by atoms with Gasteiger partial charge in [-0.25, -0.2) is 8.42 Å².